The van der Waals surface area contributed by atoms with Gasteiger partial charge in [0.25, 0.3) is 0 Å². The summed E-state index contributed by atoms with van der Waals surface area (Å²) in [6.07, 6.45) is 2.87. The van der Waals surface area contributed by atoms with E-state index in [0.29, 0.717) is 0 Å². The van der Waals surface area contributed by atoms with Crippen molar-refractivity contribution < 1.29 is 0 Å². The van der Waals surface area contributed by atoms with Gasteiger partial charge >= 0.3 is 0 Å². The van der Waals surface area contributed by atoms with E-state index in [9.17, 15) is 0 Å². The highest BCUT2D eigenvalue weighted by atomic mass is 79.9. The van der Waals surface area contributed by atoms with Gasteiger partial charge in [-0.3, -0.25) is 4.40 Å². The molecule has 3 heterocycles. The number of fused-ring (bicyclic) bond motifs is 1. The Balaban J connectivity index is 1.55. The maximum atomic E-state index is 4.21. The number of rotatable bonds is 5. The predicted molar refractivity (Wildman–Crippen MR) is 80.4 cm³/mol. The van der Waals surface area contributed by atoms with Crippen molar-refractivity contribution in [3.63, 3.8) is 0 Å². The van der Waals surface area contributed by atoms with Gasteiger partial charge in [-0.1, -0.05) is 6.07 Å². The molecule has 0 radical (unpaired) electrons. The molecule has 0 spiro atoms. The Labute approximate surface area is 123 Å². The van der Waals surface area contributed by atoms with E-state index in [4.69, 9.17) is 0 Å². The van der Waals surface area contributed by atoms with E-state index in [-0.39, 0.29) is 0 Å². The van der Waals surface area contributed by atoms with Crippen LogP contribution in [0, 0.1) is 0 Å². The highest BCUT2D eigenvalue weighted by Crippen LogP contribution is 2.20. The SMILES string of the molecule is Brc1cc(CNCCc2nnc3ccccn23)cs1. The minimum Gasteiger partial charge on any atom is -0.312 e. The minimum absolute atomic E-state index is 0.872. The summed E-state index contributed by atoms with van der Waals surface area (Å²) in [6, 6.07) is 8.08. The van der Waals surface area contributed by atoms with Crippen LogP contribution in [0.15, 0.2) is 39.6 Å². The van der Waals surface area contributed by atoms with Crippen LogP contribution in [0.3, 0.4) is 0 Å². The second-order valence-electron chi connectivity index (χ2n) is 4.23. The number of thiophene rings is 1. The fourth-order valence-electron chi connectivity index (χ4n) is 1.93. The number of aromatic nitrogens is 3. The molecule has 98 valence electrons. The first kappa shape index (κ1) is 12.8. The molecule has 0 fully saturated rings. The lowest BCUT2D eigenvalue weighted by molar-refractivity contribution is 0.668. The van der Waals surface area contributed by atoms with E-state index in [0.717, 1.165) is 31.0 Å². The molecule has 19 heavy (non-hydrogen) atoms. The van der Waals surface area contributed by atoms with Gasteiger partial charge in [0.1, 0.15) is 5.82 Å². The van der Waals surface area contributed by atoms with Gasteiger partial charge in [0.15, 0.2) is 5.65 Å². The highest BCUT2D eigenvalue weighted by Gasteiger charge is 2.03. The Morgan fingerprint density at radius 2 is 2.26 bits per heavy atom. The van der Waals surface area contributed by atoms with Crippen LogP contribution in [0.25, 0.3) is 5.65 Å². The Kier molecular flexibility index (Phi) is 3.91. The topological polar surface area (TPSA) is 42.2 Å². The van der Waals surface area contributed by atoms with Gasteiger partial charge in [-0.15, -0.1) is 21.5 Å². The van der Waals surface area contributed by atoms with Crippen LogP contribution >= 0.6 is 27.3 Å². The molecule has 3 aromatic heterocycles. The summed E-state index contributed by atoms with van der Waals surface area (Å²) < 4.78 is 3.20. The number of nitrogens with zero attached hydrogens (tertiary/aromatic N) is 3. The summed E-state index contributed by atoms with van der Waals surface area (Å²) >= 11 is 5.18. The predicted octanol–water partition coefficient (Wildman–Crippen LogP) is 2.89. The van der Waals surface area contributed by atoms with Crippen molar-refractivity contribution in [2.75, 3.05) is 6.54 Å². The smallest absolute Gasteiger partial charge is 0.160 e. The lowest BCUT2D eigenvalue weighted by atomic mass is 10.3. The lowest BCUT2D eigenvalue weighted by Crippen LogP contribution is -2.17. The highest BCUT2D eigenvalue weighted by molar-refractivity contribution is 9.11. The van der Waals surface area contributed by atoms with Crippen LogP contribution in [-0.2, 0) is 13.0 Å². The van der Waals surface area contributed by atoms with Gasteiger partial charge in [0, 0.05) is 25.7 Å². The van der Waals surface area contributed by atoms with Crippen LogP contribution < -0.4 is 5.32 Å². The Morgan fingerprint density at radius 1 is 1.32 bits per heavy atom. The van der Waals surface area contributed by atoms with E-state index in [1.807, 2.05) is 28.8 Å². The molecular formula is C13H13BrN4S. The molecule has 1 N–H and O–H groups in total. The largest absolute Gasteiger partial charge is 0.312 e. The standard InChI is InChI=1S/C13H13BrN4S/c14-11-7-10(9-19-11)8-15-5-4-13-17-16-12-3-1-2-6-18(12)13/h1-3,6-7,9,15H,4-5,8H2. The van der Waals surface area contributed by atoms with Crippen LogP contribution in [-0.4, -0.2) is 21.1 Å². The molecule has 0 bridgehead atoms. The zero-order chi connectivity index (χ0) is 13.1. The monoisotopic (exact) mass is 336 g/mol. The average Bonchev–Trinajstić information content (AvgIpc) is 3.02. The van der Waals surface area contributed by atoms with E-state index in [2.05, 4.69) is 42.9 Å². The van der Waals surface area contributed by atoms with Crippen molar-refractivity contribution in [2.24, 2.45) is 0 Å². The van der Waals surface area contributed by atoms with E-state index in [1.54, 1.807) is 11.3 Å². The number of hydrogen-bond donors (Lipinski definition) is 1. The summed E-state index contributed by atoms with van der Waals surface area (Å²) in [7, 11) is 0. The molecule has 0 unspecified atom stereocenters. The number of nitrogens with one attached hydrogen (secondary N) is 1. The van der Waals surface area contributed by atoms with Gasteiger partial charge in [0.05, 0.1) is 3.79 Å². The van der Waals surface area contributed by atoms with E-state index < -0.39 is 0 Å². The quantitative estimate of drug-likeness (QED) is 0.728. The van der Waals surface area contributed by atoms with Gasteiger partial charge in [-0.25, -0.2) is 0 Å². The first-order valence-electron chi connectivity index (χ1n) is 6.05. The molecule has 0 aromatic carbocycles. The van der Waals surface area contributed by atoms with Gasteiger partial charge in [-0.2, -0.15) is 0 Å². The zero-order valence-electron chi connectivity index (χ0n) is 10.2. The number of hydrogen-bond acceptors (Lipinski definition) is 4. The minimum atomic E-state index is 0.872. The van der Waals surface area contributed by atoms with Gasteiger partial charge < -0.3 is 5.32 Å². The first-order chi connectivity index (χ1) is 9.33. The maximum Gasteiger partial charge on any atom is 0.160 e. The van der Waals surface area contributed by atoms with Crippen molar-refractivity contribution in [3.05, 3.63) is 51.0 Å². The van der Waals surface area contributed by atoms with E-state index >= 15 is 0 Å². The zero-order valence-corrected chi connectivity index (χ0v) is 12.6. The Morgan fingerprint density at radius 3 is 3.11 bits per heavy atom. The van der Waals surface area contributed by atoms with Crippen LogP contribution in [0.5, 0.6) is 0 Å². The Hall–Kier alpha value is -1.24. The lowest BCUT2D eigenvalue weighted by Gasteiger charge is -2.02. The van der Waals surface area contributed by atoms with Crippen molar-refractivity contribution >= 4 is 32.9 Å². The Bertz CT molecular complexity index is 676. The maximum absolute atomic E-state index is 4.21. The molecule has 6 heteroatoms. The molecule has 4 nitrogen and oxygen atoms in total. The normalized spacial score (nSPS) is 11.2. The third kappa shape index (κ3) is 3.02. The molecule has 0 saturated heterocycles. The fourth-order valence-corrected chi connectivity index (χ4v) is 3.14. The summed E-state index contributed by atoms with van der Waals surface area (Å²) in [4.78, 5) is 0. The summed E-state index contributed by atoms with van der Waals surface area (Å²) in [5.41, 5.74) is 2.21. The first-order valence-corrected chi connectivity index (χ1v) is 7.72. The molecule has 0 aliphatic rings. The van der Waals surface area contributed by atoms with Crippen LogP contribution in [0.1, 0.15) is 11.4 Å². The number of pyridine rings is 1. The van der Waals surface area contributed by atoms with E-state index in [1.165, 1.54) is 9.35 Å². The molecule has 0 saturated carbocycles. The van der Waals surface area contributed by atoms with Crippen molar-refractivity contribution in [3.8, 4) is 0 Å². The summed E-state index contributed by atoms with van der Waals surface area (Å²) in [6.45, 7) is 1.78. The second kappa shape index (κ2) is 5.81. The fraction of sp³-hybridized carbons (Fsp3) is 0.231. The average molecular weight is 337 g/mol. The van der Waals surface area contributed by atoms with Crippen molar-refractivity contribution in [1.29, 1.82) is 0 Å². The molecule has 0 atom stereocenters. The molecular weight excluding hydrogens is 324 g/mol. The van der Waals surface area contributed by atoms with Crippen LogP contribution in [0.4, 0.5) is 0 Å². The summed E-state index contributed by atoms with van der Waals surface area (Å²) in [5.74, 6) is 0.995. The molecule has 0 amide bonds. The van der Waals surface area contributed by atoms with Gasteiger partial charge in [-0.05, 0) is 45.1 Å². The number of halogens is 1. The van der Waals surface area contributed by atoms with Gasteiger partial charge in [0.2, 0.25) is 0 Å². The second-order valence-corrected chi connectivity index (χ2v) is 6.52. The summed E-state index contributed by atoms with van der Waals surface area (Å²) in [5, 5.41) is 13.9. The van der Waals surface area contributed by atoms with Crippen molar-refractivity contribution in [1.82, 2.24) is 19.9 Å². The molecule has 0 aliphatic heterocycles. The van der Waals surface area contributed by atoms with Crippen LogP contribution in [0.2, 0.25) is 0 Å². The molecule has 0 aliphatic carbocycles. The van der Waals surface area contributed by atoms with Crippen molar-refractivity contribution in [2.45, 2.75) is 13.0 Å². The third-order valence-electron chi connectivity index (χ3n) is 2.86. The molecule has 3 aromatic rings. The molecule has 3 rings (SSSR count). The third-order valence-corrected chi connectivity index (χ3v) is 4.41.